The molecule has 18 heavy (non-hydrogen) atoms. The van der Waals surface area contributed by atoms with Crippen molar-refractivity contribution in [1.82, 2.24) is 5.32 Å². The van der Waals surface area contributed by atoms with Gasteiger partial charge in [-0.1, -0.05) is 6.42 Å². The first-order valence-corrected chi connectivity index (χ1v) is 8.15. The summed E-state index contributed by atoms with van der Waals surface area (Å²) in [6, 6.07) is 2.53. The fourth-order valence-electron chi connectivity index (χ4n) is 3.22. The molecule has 1 saturated carbocycles. The van der Waals surface area contributed by atoms with Gasteiger partial charge >= 0.3 is 0 Å². The minimum Gasteiger partial charge on any atom is -0.381 e. The molecule has 2 fully saturated rings. The number of nitrogens with one attached hydrogen (secondary N) is 1. The number of thioether (sulfide) groups is 1. The summed E-state index contributed by atoms with van der Waals surface area (Å²) in [6.45, 7) is 1.86. The van der Waals surface area contributed by atoms with Crippen LogP contribution in [0.1, 0.15) is 38.5 Å². The maximum absolute atomic E-state index is 9.40. The zero-order valence-corrected chi connectivity index (χ0v) is 12.1. The molecule has 1 aliphatic heterocycles. The number of rotatable bonds is 5. The van der Waals surface area contributed by atoms with Crippen molar-refractivity contribution in [1.29, 1.82) is 5.26 Å². The van der Waals surface area contributed by atoms with E-state index in [1.165, 1.54) is 37.9 Å². The van der Waals surface area contributed by atoms with Crippen LogP contribution in [0.5, 0.6) is 0 Å². The van der Waals surface area contributed by atoms with Crippen molar-refractivity contribution in [2.75, 3.05) is 26.0 Å². The van der Waals surface area contributed by atoms with E-state index in [9.17, 15) is 5.26 Å². The molecule has 0 aromatic rings. The molecular weight excluding hydrogens is 244 g/mol. The highest BCUT2D eigenvalue weighted by atomic mass is 32.2. The molecule has 0 bridgehead atoms. The Labute approximate surface area is 115 Å². The lowest BCUT2D eigenvalue weighted by atomic mass is 9.87. The van der Waals surface area contributed by atoms with Crippen LogP contribution in [0, 0.1) is 17.2 Å². The summed E-state index contributed by atoms with van der Waals surface area (Å²) in [5.74, 6) is 1.74. The van der Waals surface area contributed by atoms with Gasteiger partial charge < -0.3 is 10.1 Å². The minimum absolute atomic E-state index is 0.240. The van der Waals surface area contributed by atoms with Crippen molar-refractivity contribution in [2.24, 2.45) is 5.92 Å². The average Bonchev–Trinajstić information content (AvgIpc) is 2.84. The summed E-state index contributed by atoms with van der Waals surface area (Å²) >= 11 is 2.09. The van der Waals surface area contributed by atoms with Gasteiger partial charge in [-0.05, 0) is 50.8 Å². The first kappa shape index (κ1) is 14.2. The number of ether oxygens (including phenoxy) is 1. The van der Waals surface area contributed by atoms with Gasteiger partial charge in [0.15, 0.2) is 0 Å². The minimum atomic E-state index is -0.240. The lowest BCUT2D eigenvalue weighted by Crippen LogP contribution is -2.45. The highest BCUT2D eigenvalue weighted by Crippen LogP contribution is 2.38. The van der Waals surface area contributed by atoms with Gasteiger partial charge in [-0.15, -0.1) is 0 Å². The lowest BCUT2D eigenvalue weighted by Gasteiger charge is -2.29. The van der Waals surface area contributed by atoms with Gasteiger partial charge in [0.2, 0.25) is 0 Å². The average molecular weight is 268 g/mol. The monoisotopic (exact) mass is 268 g/mol. The third kappa shape index (κ3) is 3.20. The van der Waals surface area contributed by atoms with Crippen LogP contribution in [-0.4, -0.2) is 36.8 Å². The highest BCUT2D eigenvalue weighted by Gasteiger charge is 2.41. The van der Waals surface area contributed by atoms with Gasteiger partial charge in [0.25, 0.3) is 0 Å². The maximum atomic E-state index is 9.40. The van der Waals surface area contributed by atoms with Crippen LogP contribution < -0.4 is 5.32 Å². The SMILES string of the molecule is CNC1(C#N)CCCC1CCSC1CCOCC1. The predicted molar refractivity (Wildman–Crippen MR) is 75.7 cm³/mol. The summed E-state index contributed by atoms with van der Waals surface area (Å²) in [5.41, 5.74) is -0.240. The molecule has 4 heteroatoms. The first-order chi connectivity index (χ1) is 8.80. The third-order valence-corrected chi connectivity index (χ3v) is 5.87. The number of hydrogen-bond donors (Lipinski definition) is 1. The largest absolute Gasteiger partial charge is 0.381 e. The van der Waals surface area contributed by atoms with Crippen molar-refractivity contribution in [2.45, 2.75) is 49.3 Å². The Balaban J connectivity index is 1.74. The summed E-state index contributed by atoms with van der Waals surface area (Å²) < 4.78 is 5.38. The van der Waals surface area contributed by atoms with Crippen LogP contribution in [-0.2, 0) is 4.74 Å². The second kappa shape index (κ2) is 6.79. The number of nitrogens with zero attached hydrogens (tertiary/aromatic N) is 1. The van der Waals surface area contributed by atoms with Crippen LogP contribution >= 0.6 is 11.8 Å². The van der Waals surface area contributed by atoms with Gasteiger partial charge in [0.1, 0.15) is 5.54 Å². The summed E-state index contributed by atoms with van der Waals surface area (Å²) in [5, 5.41) is 13.5. The van der Waals surface area contributed by atoms with Crippen molar-refractivity contribution in [3.05, 3.63) is 0 Å². The number of hydrogen-bond acceptors (Lipinski definition) is 4. The van der Waals surface area contributed by atoms with E-state index in [0.29, 0.717) is 5.92 Å². The van der Waals surface area contributed by atoms with Gasteiger partial charge in [0, 0.05) is 18.5 Å². The molecule has 0 amide bonds. The Bertz CT molecular complexity index is 299. The first-order valence-electron chi connectivity index (χ1n) is 7.10. The molecule has 3 nitrogen and oxygen atoms in total. The van der Waals surface area contributed by atoms with Crippen molar-refractivity contribution < 1.29 is 4.74 Å². The van der Waals surface area contributed by atoms with Crippen LogP contribution in [0.15, 0.2) is 0 Å². The Hall–Kier alpha value is -0.240. The standard InChI is InChI=1S/C14H24N2OS/c1-16-14(11-15)7-2-3-12(14)6-10-18-13-4-8-17-9-5-13/h12-13,16H,2-10H2,1H3. The Kier molecular flexibility index (Phi) is 5.35. The predicted octanol–water partition coefficient (Wildman–Crippen LogP) is 2.57. The lowest BCUT2D eigenvalue weighted by molar-refractivity contribution is 0.1000. The number of nitriles is 1. The molecule has 2 unspecified atom stereocenters. The van der Waals surface area contributed by atoms with Crippen molar-refractivity contribution in [3.63, 3.8) is 0 Å². The van der Waals surface area contributed by atoms with Gasteiger partial charge in [0.05, 0.1) is 6.07 Å². The summed E-state index contributed by atoms with van der Waals surface area (Å²) in [4.78, 5) is 0. The molecule has 102 valence electrons. The molecule has 2 aliphatic rings. The molecule has 1 N–H and O–H groups in total. The molecule has 1 saturated heterocycles. The van der Waals surface area contributed by atoms with E-state index in [1.807, 2.05) is 7.05 Å². The van der Waals surface area contributed by atoms with E-state index in [0.717, 1.165) is 24.9 Å². The van der Waals surface area contributed by atoms with Gasteiger partial charge in [-0.25, -0.2) is 0 Å². The normalized spacial score (nSPS) is 33.4. The smallest absolute Gasteiger partial charge is 0.109 e. The van der Waals surface area contributed by atoms with E-state index >= 15 is 0 Å². The molecule has 0 aromatic carbocycles. The van der Waals surface area contributed by atoms with E-state index < -0.39 is 0 Å². The molecule has 0 spiro atoms. The van der Waals surface area contributed by atoms with Crippen molar-refractivity contribution >= 4 is 11.8 Å². The molecular formula is C14H24N2OS. The van der Waals surface area contributed by atoms with Crippen LogP contribution in [0.3, 0.4) is 0 Å². The molecule has 2 rings (SSSR count). The summed E-state index contributed by atoms with van der Waals surface area (Å²) in [7, 11) is 1.94. The maximum Gasteiger partial charge on any atom is 0.109 e. The quantitative estimate of drug-likeness (QED) is 0.832. The third-order valence-electron chi connectivity index (χ3n) is 4.45. The van der Waals surface area contributed by atoms with Crippen molar-refractivity contribution in [3.8, 4) is 6.07 Å². The Morgan fingerprint density at radius 1 is 1.39 bits per heavy atom. The highest BCUT2D eigenvalue weighted by molar-refractivity contribution is 7.99. The van der Waals surface area contributed by atoms with E-state index in [4.69, 9.17) is 4.74 Å². The fraction of sp³-hybridized carbons (Fsp3) is 0.929. The second-order valence-corrected chi connectivity index (χ2v) is 6.80. The van der Waals surface area contributed by atoms with E-state index in [2.05, 4.69) is 23.1 Å². The fourth-order valence-corrected chi connectivity index (χ4v) is 4.50. The topological polar surface area (TPSA) is 45.0 Å². The van der Waals surface area contributed by atoms with Crippen LogP contribution in [0.4, 0.5) is 0 Å². The molecule has 0 radical (unpaired) electrons. The van der Waals surface area contributed by atoms with Crippen LogP contribution in [0.25, 0.3) is 0 Å². The van der Waals surface area contributed by atoms with Crippen LogP contribution in [0.2, 0.25) is 0 Å². The Morgan fingerprint density at radius 2 is 2.17 bits per heavy atom. The molecule has 1 heterocycles. The zero-order chi connectivity index (χ0) is 12.8. The zero-order valence-electron chi connectivity index (χ0n) is 11.3. The second-order valence-electron chi connectivity index (χ2n) is 5.39. The summed E-state index contributed by atoms with van der Waals surface area (Å²) in [6.07, 6.45) is 7.00. The molecule has 2 atom stereocenters. The Morgan fingerprint density at radius 3 is 2.83 bits per heavy atom. The van der Waals surface area contributed by atoms with E-state index in [1.54, 1.807) is 0 Å². The van der Waals surface area contributed by atoms with Gasteiger partial charge in [-0.2, -0.15) is 17.0 Å². The molecule has 1 aliphatic carbocycles. The van der Waals surface area contributed by atoms with E-state index in [-0.39, 0.29) is 5.54 Å². The van der Waals surface area contributed by atoms with Gasteiger partial charge in [-0.3, -0.25) is 0 Å². The molecule has 0 aromatic heterocycles.